The van der Waals surface area contributed by atoms with E-state index in [0.717, 1.165) is 0 Å². The first-order valence-corrected chi connectivity index (χ1v) is 4.07. The van der Waals surface area contributed by atoms with E-state index in [4.69, 9.17) is 0 Å². The molecule has 0 fully saturated rings. The third kappa shape index (κ3) is 0.688. The van der Waals surface area contributed by atoms with E-state index in [0.29, 0.717) is 0 Å². The molecule has 0 aliphatic heterocycles. The van der Waals surface area contributed by atoms with Crippen LogP contribution in [-0.4, -0.2) is 3.96 Å². The zero-order valence-electron chi connectivity index (χ0n) is 6.09. The lowest BCUT2D eigenvalue weighted by Crippen LogP contribution is -1.92. The molecule has 0 spiro atoms. The number of rotatable bonds is 0. The summed E-state index contributed by atoms with van der Waals surface area (Å²) in [4.78, 5) is 0. The number of fused-ring (bicyclic) bond motifs is 1. The number of aryl methyl sites for hydroxylation is 2. The molecule has 0 atom stereocenters. The minimum absolute atomic E-state index is 1.34. The standard InChI is InChI=1S/C8H9NS/c1-6-3-4-8-7(5-6)9(2)10-8/h3-5H,1-2H3. The summed E-state index contributed by atoms with van der Waals surface area (Å²) in [5, 5.41) is 0. The van der Waals surface area contributed by atoms with Crippen LogP contribution in [-0.2, 0) is 7.05 Å². The second kappa shape index (κ2) is 1.86. The monoisotopic (exact) mass is 151 g/mol. The highest BCUT2D eigenvalue weighted by molar-refractivity contribution is 7.16. The van der Waals surface area contributed by atoms with Gasteiger partial charge in [-0.1, -0.05) is 17.6 Å². The van der Waals surface area contributed by atoms with Crippen LogP contribution < -0.4 is 0 Å². The molecule has 0 unspecified atom stereocenters. The van der Waals surface area contributed by atoms with Gasteiger partial charge in [0.2, 0.25) is 0 Å². The van der Waals surface area contributed by atoms with Gasteiger partial charge in [-0.25, -0.2) is 0 Å². The predicted molar refractivity (Wildman–Crippen MR) is 45.5 cm³/mol. The SMILES string of the molecule is Cc1ccc2sn(C)c2c1. The highest BCUT2D eigenvalue weighted by Gasteiger charge is 2.00. The van der Waals surface area contributed by atoms with Crippen molar-refractivity contribution in [1.29, 1.82) is 0 Å². The van der Waals surface area contributed by atoms with Gasteiger partial charge in [0.25, 0.3) is 0 Å². The van der Waals surface area contributed by atoms with Crippen molar-refractivity contribution < 1.29 is 0 Å². The first-order chi connectivity index (χ1) is 4.77. The molecule has 2 aromatic rings. The zero-order chi connectivity index (χ0) is 7.14. The molecular formula is C8H9NS. The van der Waals surface area contributed by atoms with Crippen molar-refractivity contribution in [3.05, 3.63) is 23.8 Å². The van der Waals surface area contributed by atoms with Gasteiger partial charge in [0, 0.05) is 7.05 Å². The molecule has 1 aromatic heterocycles. The van der Waals surface area contributed by atoms with Gasteiger partial charge in [0.05, 0.1) is 10.2 Å². The fourth-order valence-corrected chi connectivity index (χ4v) is 1.94. The average molecular weight is 151 g/mol. The van der Waals surface area contributed by atoms with Gasteiger partial charge in [-0.15, -0.1) is 0 Å². The molecule has 10 heavy (non-hydrogen) atoms. The first-order valence-electron chi connectivity index (χ1n) is 3.30. The summed E-state index contributed by atoms with van der Waals surface area (Å²) in [5.74, 6) is 0. The number of nitrogens with zero attached hydrogens (tertiary/aromatic N) is 1. The van der Waals surface area contributed by atoms with Crippen LogP contribution in [0.2, 0.25) is 0 Å². The van der Waals surface area contributed by atoms with Gasteiger partial charge in [-0.3, -0.25) is 3.96 Å². The molecule has 0 saturated heterocycles. The molecule has 52 valence electrons. The lowest BCUT2D eigenvalue weighted by molar-refractivity contribution is 1.06. The number of benzene rings is 1. The molecule has 1 aromatic carbocycles. The van der Waals surface area contributed by atoms with Crippen molar-refractivity contribution >= 4 is 21.7 Å². The Morgan fingerprint density at radius 3 is 2.80 bits per heavy atom. The Bertz CT molecular complexity index is 352. The summed E-state index contributed by atoms with van der Waals surface area (Å²) < 4.78 is 3.58. The Labute approximate surface area is 64.0 Å². The molecule has 0 aliphatic carbocycles. The predicted octanol–water partition coefficient (Wildman–Crippen LogP) is 2.55. The maximum Gasteiger partial charge on any atom is 0.0694 e. The Hall–Kier alpha value is -0.760. The molecule has 2 rings (SSSR count). The van der Waals surface area contributed by atoms with Gasteiger partial charge in [0.15, 0.2) is 0 Å². The van der Waals surface area contributed by atoms with Crippen LogP contribution in [0.1, 0.15) is 5.56 Å². The van der Waals surface area contributed by atoms with Gasteiger partial charge in [-0.2, -0.15) is 0 Å². The van der Waals surface area contributed by atoms with Crippen molar-refractivity contribution in [3.8, 4) is 0 Å². The average Bonchev–Trinajstić information content (AvgIpc) is 1.92. The second-order valence-electron chi connectivity index (χ2n) is 2.56. The largest absolute Gasteiger partial charge is 0.299 e. The van der Waals surface area contributed by atoms with E-state index in [1.807, 2.05) is 0 Å². The topological polar surface area (TPSA) is 4.93 Å². The van der Waals surface area contributed by atoms with Crippen LogP contribution in [0.4, 0.5) is 0 Å². The van der Waals surface area contributed by atoms with Crippen LogP contribution in [0.25, 0.3) is 10.2 Å². The van der Waals surface area contributed by atoms with Crippen LogP contribution in [0.5, 0.6) is 0 Å². The third-order valence-electron chi connectivity index (χ3n) is 1.69. The molecule has 0 saturated carbocycles. The van der Waals surface area contributed by atoms with E-state index in [1.54, 1.807) is 11.5 Å². The van der Waals surface area contributed by atoms with Crippen LogP contribution >= 0.6 is 11.5 Å². The van der Waals surface area contributed by atoms with Crippen molar-refractivity contribution in [1.82, 2.24) is 3.96 Å². The van der Waals surface area contributed by atoms with Crippen molar-refractivity contribution in [2.75, 3.05) is 0 Å². The van der Waals surface area contributed by atoms with Gasteiger partial charge < -0.3 is 0 Å². The summed E-state index contributed by atoms with van der Waals surface area (Å²) in [6.07, 6.45) is 0. The smallest absolute Gasteiger partial charge is 0.0694 e. The quantitative estimate of drug-likeness (QED) is 0.545. The van der Waals surface area contributed by atoms with E-state index in [1.165, 1.54) is 15.8 Å². The number of hydrogen-bond donors (Lipinski definition) is 0. The minimum Gasteiger partial charge on any atom is -0.299 e. The van der Waals surface area contributed by atoms with Crippen LogP contribution in [0.3, 0.4) is 0 Å². The lowest BCUT2D eigenvalue weighted by atomic mass is 10.2. The highest BCUT2D eigenvalue weighted by Crippen LogP contribution is 2.24. The summed E-state index contributed by atoms with van der Waals surface area (Å²) in [7, 11) is 2.09. The van der Waals surface area contributed by atoms with Gasteiger partial charge >= 0.3 is 0 Å². The van der Waals surface area contributed by atoms with Crippen molar-refractivity contribution in [3.63, 3.8) is 0 Å². The van der Waals surface area contributed by atoms with Crippen molar-refractivity contribution in [2.45, 2.75) is 6.92 Å². The maximum absolute atomic E-state index is 2.21. The second-order valence-corrected chi connectivity index (χ2v) is 3.73. The fraction of sp³-hybridized carbons (Fsp3) is 0.250. The molecule has 0 amide bonds. The van der Waals surface area contributed by atoms with E-state index in [9.17, 15) is 0 Å². The number of hydrogen-bond acceptors (Lipinski definition) is 1. The van der Waals surface area contributed by atoms with Gasteiger partial charge in [0.1, 0.15) is 0 Å². The van der Waals surface area contributed by atoms with E-state index in [2.05, 4.69) is 36.1 Å². The molecular weight excluding hydrogens is 142 g/mol. The summed E-state index contributed by atoms with van der Waals surface area (Å²) in [6, 6.07) is 6.54. The molecule has 1 heterocycles. The van der Waals surface area contributed by atoms with Crippen LogP contribution in [0.15, 0.2) is 18.2 Å². The summed E-state index contributed by atoms with van der Waals surface area (Å²) in [6.45, 7) is 2.12. The van der Waals surface area contributed by atoms with E-state index in [-0.39, 0.29) is 0 Å². The van der Waals surface area contributed by atoms with E-state index >= 15 is 0 Å². The fourth-order valence-electron chi connectivity index (χ4n) is 1.11. The minimum atomic E-state index is 1.34. The maximum atomic E-state index is 2.21. The third-order valence-corrected chi connectivity index (χ3v) is 2.70. The van der Waals surface area contributed by atoms with Gasteiger partial charge in [-0.05, 0) is 24.6 Å². The molecule has 2 heteroatoms. The molecule has 0 bridgehead atoms. The molecule has 0 N–H and O–H groups in total. The highest BCUT2D eigenvalue weighted by atomic mass is 32.1. The Balaban J connectivity index is 2.75. The summed E-state index contributed by atoms with van der Waals surface area (Å²) >= 11 is 1.80. The van der Waals surface area contributed by atoms with Crippen LogP contribution in [0, 0.1) is 6.92 Å². The summed E-state index contributed by atoms with van der Waals surface area (Å²) in [5.41, 5.74) is 2.70. The Morgan fingerprint density at radius 2 is 2.20 bits per heavy atom. The molecule has 1 nitrogen and oxygen atoms in total. The lowest BCUT2D eigenvalue weighted by Gasteiger charge is -2.08. The molecule has 0 radical (unpaired) electrons. The normalized spacial score (nSPS) is 11.0. The Morgan fingerprint density at radius 1 is 1.40 bits per heavy atom. The first kappa shape index (κ1) is 5.98. The zero-order valence-corrected chi connectivity index (χ0v) is 6.90. The number of aromatic nitrogens is 1. The molecule has 0 aliphatic rings. The van der Waals surface area contributed by atoms with Crippen molar-refractivity contribution in [2.24, 2.45) is 7.05 Å². The van der Waals surface area contributed by atoms with E-state index < -0.39 is 0 Å². The Kier molecular flexibility index (Phi) is 1.11.